The minimum atomic E-state index is 0.0918. The molecule has 3 heteroatoms. The van der Waals surface area contributed by atoms with Crippen LogP contribution in [0.5, 0.6) is 0 Å². The quantitative estimate of drug-likeness (QED) is 0.814. The predicted molar refractivity (Wildman–Crippen MR) is 67.4 cm³/mol. The van der Waals surface area contributed by atoms with Crippen molar-refractivity contribution < 1.29 is 4.79 Å². The second kappa shape index (κ2) is 4.27. The molecule has 3 rings (SSSR count). The van der Waals surface area contributed by atoms with Crippen LogP contribution in [-0.4, -0.2) is 29.1 Å². The highest BCUT2D eigenvalue weighted by atomic mass is 16.2. The Balaban J connectivity index is 1.72. The van der Waals surface area contributed by atoms with Crippen LogP contribution in [0, 0.1) is 11.8 Å². The van der Waals surface area contributed by atoms with Gasteiger partial charge in [0.1, 0.15) is 0 Å². The number of nitrogens with zero attached hydrogens (tertiary/aromatic N) is 1. The summed E-state index contributed by atoms with van der Waals surface area (Å²) >= 11 is 0. The van der Waals surface area contributed by atoms with E-state index in [1.165, 1.54) is 25.7 Å². The Morgan fingerprint density at radius 1 is 1.35 bits per heavy atom. The number of nitrogens with one attached hydrogen (secondary N) is 1. The third-order valence-corrected chi connectivity index (χ3v) is 5.05. The zero-order chi connectivity index (χ0) is 12.0. The zero-order valence-corrected chi connectivity index (χ0v) is 11.0. The highest BCUT2D eigenvalue weighted by Gasteiger charge is 2.48. The van der Waals surface area contributed by atoms with Crippen molar-refractivity contribution >= 4 is 5.91 Å². The van der Waals surface area contributed by atoms with E-state index in [1.807, 2.05) is 0 Å². The Morgan fingerprint density at radius 2 is 2.18 bits per heavy atom. The van der Waals surface area contributed by atoms with Gasteiger partial charge in [0.15, 0.2) is 0 Å². The van der Waals surface area contributed by atoms with Crippen LogP contribution in [0.3, 0.4) is 0 Å². The third-order valence-electron chi connectivity index (χ3n) is 5.05. The van der Waals surface area contributed by atoms with Crippen LogP contribution in [0.1, 0.15) is 52.4 Å². The van der Waals surface area contributed by atoms with E-state index in [-0.39, 0.29) is 12.2 Å². The van der Waals surface area contributed by atoms with Crippen molar-refractivity contribution in [2.24, 2.45) is 11.8 Å². The molecule has 17 heavy (non-hydrogen) atoms. The normalized spacial score (nSPS) is 44.9. The zero-order valence-electron chi connectivity index (χ0n) is 11.0. The van der Waals surface area contributed by atoms with Crippen LogP contribution in [-0.2, 0) is 4.79 Å². The monoisotopic (exact) mass is 236 g/mol. The molecule has 5 atom stereocenters. The van der Waals surface area contributed by atoms with Crippen LogP contribution in [0.15, 0.2) is 0 Å². The summed E-state index contributed by atoms with van der Waals surface area (Å²) in [4.78, 5) is 14.6. The molecule has 0 aromatic rings. The standard InChI is InChI=1S/C14H24N2O/c1-3-4-12-14(17)16(9(2)15-12)13-8-10-5-6-11(13)7-10/h9-13,15H,3-8H2,1-2H3. The molecule has 3 aliphatic rings. The van der Waals surface area contributed by atoms with Gasteiger partial charge in [0.25, 0.3) is 0 Å². The average molecular weight is 236 g/mol. The van der Waals surface area contributed by atoms with Crippen molar-refractivity contribution in [3.8, 4) is 0 Å². The largest absolute Gasteiger partial charge is 0.323 e. The van der Waals surface area contributed by atoms with E-state index in [9.17, 15) is 4.79 Å². The number of hydrogen-bond donors (Lipinski definition) is 1. The van der Waals surface area contributed by atoms with Crippen LogP contribution in [0.4, 0.5) is 0 Å². The maximum atomic E-state index is 12.4. The molecule has 0 aromatic carbocycles. The van der Waals surface area contributed by atoms with E-state index < -0.39 is 0 Å². The molecule has 1 aliphatic heterocycles. The van der Waals surface area contributed by atoms with Gasteiger partial charge in [-0.1, -0.05) is 19.8 Å². The molecular formula is C14H24N2O. The number of carbonyl (C=O) groups excluding carboxylic acids is 1. The van der Waals surface area contributed by atoms with Crippen LogP contribution < -0.4 is 5.32 Å². The maximum Gasteiger partial charge on any atom is 0.241 e. The molecule has 3 fully saturated rings. The Morgan fingerprint density at radius 3 is 2.76 bits per heavy atom. The van der Waals surface area contributed by atoms with Crippen molar-refractivity contribution in [1.29, 1.82) is 0 Å². The summed E-state index contributed by atoms with van der Waals surface area (Å²) < 4.78 is 0. The van der Waals surface area contributed by atoms with Crippen molar-refractivity contribution in [3.63, 3.8) is 0 Å². The van der Waals surface area contributed by atoms with Gasteiger partial charge in [0.2, 0.25) is 5.91 Å². The molecule has 2 aliphatic carbocycles. The lowest BCUT2D eigenvalue weighted by molar-refractivity contribution is -0.133. The molecule has 96 valence electrons. The molecule has 2 bridgehead atoms. The van der Waals surface area contributed by atoms with Crippen LogP contribution in [0.25, 0.3) is 0 Å². The summed E-state index contributed by atoms with van der Waals surface area (Å²) in [5.41, 5.74) is 0. The summed E-state index contributed by atoms with van der Waals surface area (Å²) in [7, 11) is 0. The highest BCUT2D eigenvalue weighted by molar-refractivity contribution is 5.84. The van der Waals surface area contributed by atoms with Gasteiger partial charge in [0, 0.05) is 6.04 Å². The van der Waals surface area contributed by atoms with Gasteiger partial charge < -0.3 is 4.90 Å². The van der Waals surface area contributed by atoms with Gasteiger partial charge >= 0.3 is 0 Å². The first-order chi connectivity index (χ1) is 8.20. The lowest BCUT2D eigenvalue weighted by Crippen LogP contribution is -2.45. The highest BCUT2D eigenvalue weighted by Crippen LogP contribution is 2.47. The fourth-order valence-electron chi connectivity index (χ4n) is 4.31. The maximum absolute atomic E-state index is 12.4. The van der Waals surface area contributed by atoms with E-state index in [0.717, 1.165) is 24.7 Å². The van der Waals surface area contributed by atoms with Gasteiger partial charge in [0.05, 0.1) is 12.2 Å². The third kappa shape index (κ3) is 1.79. The van der Waals surface area contributed by atoms with Crippen molar-refractivity contribution in [2.75, 3.05) is 0 Å². The minimum Gasteiger partial charge on any atom is -0.323 e. The number of rotatable bonds is 3. The first-order valence-electron chi connectivity index (χ1n) is 7.29. The van der Waals surface area contributed by atoms with Gasteiger partial charge in [-0.3, -0.25) is 10.1 Å². The van der Waals surface area contributed by atoms with Crippen LogP contribution >= 0.6 is 0 Å². The number of amides is 1. The molecule has 0 radical (unpaired) electrons. The average Bonchev–Trinajstić information content (AvgIpc) is 2.95. The molecule has 1 heterocycles. The van der Waals surface area contributed by atoms with E-state index in [0.29, 0.717) is 11.9 Å². The SMILES string of the molecule is CCCC1NC(C)N(C2CC3CCC2C3)C1=O. The van der Waals surface area contributed by atoms with Crippen molar-refractivity contribution in [3.05, 3.63) is 0 Å². The lowest BCUT2D eigenvalue weighted by Gasteiger charge is -2.34. The molecule has 1 saturated heterocycles. The first kappa shape index (κ1) is 11.5. The summed E-state index contributed by atoms with van der Waals surface area (Å²) in [6, 6.07) is 0.639. The lowest BCUT2D eigenvalue weighted by atomic mass is 9.93. The van der Waals surface area contributed by atoms with Gasteiger partial charge in [-0.25, -0.2) is 0 Å². The number of carbonyl (C=O) groups is 1. The van der Waals surface area contributed by atoms with Crippen molar-refractivity contribution in [2.45, 2.75) is 70.6 Å². The van der Waals surface area contributed by atoms with E-state index >= 15 is 0 Å². The summed E-state index contributed by atoms with van der Waals surface area (Å²) in [6.07, 6.45) is 7.72. The Bertz CT molecular complexity index is 317. The van der Waals surface area contributed by atoms with Gasteiger partial charge in [-0.2, -0.15) is 0 Å². The Hall–Kier alpha value is -0.570. The van der Waals surface area contributed by atoms with Gasteiger partial charge in [-0.05, 0) is 44.4 Å². The fourth-order valence-corrected chi connectivity index (χ4v) is 4.31. The molecule has 0 aromatic heterocycles. The second-order valence-electron chi connectivity index (χ2n) is 6.17. The molecule has 5 unspecified atom stereocenters. The number of fused-ring (bicyclic) bond motifs is 2. The summed E-state index contributed by atoms with van der Waals surface area (Å²) in [5.74, 6) is 2.08. The molecule has 0 spiro atoms. The van der Waals surface area contributed by atoms with E-state index in [2.05, 4.69) is 24.1 Å². The minimum absolute atomic E-state index is 0.0918. The molecule has 1 N–H and O–H groups in total. The smallest absolute Gasteiger partial charge is 0.241 e. The Kier molecular flexibility index (Phi) is 2.89. The van der Waals surface area contributed by atoms with E-state index in [1.54, 1.807) is 0 Å². The van der Waals surface area contributed by atoms with Gasteiger partial charge in [-0.15, -0.1) is 0 Å². The molecule has 2 saturated carbocycles. The Labute approximate surface area is 104 Å². The summed E-state index contributed by atoms with van der Waals surface area (Å²) in [6.45, 7) is 4.30. The second-order valence-corrected chi connectivity index (χ2v) is 6.17. The first-order valence-corrected chi connectivity index (χ1v) is 7.29. The summed E-state index contributed by atoms with van der Waals surface area (Å²) in [5, 5.41) is 3.47. The van der Waals surface area contributed by atoms with E-state index in [4.69, 9.17) is 0 Å². The topological polar surface area (TPSA) is 32.3 Å². The van der Waals surface area contributed by atoms with Crippen LogP contribution in [0.2, 0.25) is 0 Å². The molecule has 3 nitrogen and oxygen atoms in total. The molecule has 1 amide bonds. The predicted octanol–water partition coefficient (Wildman–Crippen LogP) is 2.12. The fraction of sp³-hybridized carbons (Fsp3) is 0.929. The van der Waals surface area contributed by atoms with Crippen molar-refractivity contribution in [1.82, 2.24) is 10.2 Å². The molecular weight excluding hydrogens is 212 g/mol. The number of hydrogen-bond acceptors (Lipinski definition) is 2.